The zero-order chi connectivity index (χ0) is 16.4. The van der Waals surface area contributed by atoms with E-state index in [1.54, 1.807) is 12.1 Å². The van der Waals surface area contributed by atoms with Crippen molar-refractivity contribution >= 4 is 5.97 Å². The first kappa shape index (κ1) is 17.7. The van der Waals surface area contributed by atoms with E-state index in [2.05, 4.69) is 17.6 Å². The van der Waals surface area contributed by atoms with E-state index in [0.29, 0.717) is 0 Å². The third-order valence-electron chi connectivity index (χ3n) is 2.57. The fourth-order valence-corrected chi connectivity index (χ4v) is 1.54. The molecule has 0 unspecified atom stereocenters. The summed E-state index contributed by atoms with van der Waals surface area (Å²) in [5, 5.41) is 17.3. The molecule has 0 saturated carbocycles. The number of rotatable bonds is 5. The number of aromatic carboxylic acids is 1. The van der Waals surface area contributed by atoms with E-state index in [9.17, 15) is 4.79 Å². The molecule has 2 rings (SSSR count). The standard InChI is InChI=1S/C10H15NO.C7H6O3/c1-9(2)12-11-8-10-6-4-3-5-7-10;8-6-4-2-1-3-5(6)7(9)10/h3-7,9,11H,8H2,1-2H3;1-4,8H,(H,9,10). The van der Waals surface area contributed by atoms with Gasteiger partial charge in [-0.15, -0.1) is 0 Å². The third-order valence-corrected chi connectivity index (χ3v) is 2.57. The van der Waals surface area contributed by atoms with Crippen LogP contribution in [0.3, 0.4) is 0 Å². The molecule has 2 aromatic rings. The highest BCUT2D eigenvalue weighted by atomic mass is 16.7. The van der Waals surface area contributed by atoms with Crippen molar-refractivity contribution in [1.29, 1.82) is 0 Å². The van der Waals surface area contributed by atoms with Gasteiger partial charge in [-0.25, -0.2) is 4.79 Å². The molecule has 0 heterocycles. The minimum Gasteiger partial charge on any atom is -0.507 e. The molecule has 0 aromatic heterocycles. The molecular weight excluding hydrogens is 282 g/mol. The first-order chi connectivity index (χ1) is 10.5. The minimum atomic E-state index is -1.11. The summed E-state index contributed by atoms with van der Waals surface area (Å²) in [6.07, 6.45) is 0.230. The number of carbonyl (C=O) groups is 1. The number of benzene rings is 2. The van der Waals surface area contributed by atoms with Gasteiger partial charge in [-0.3, -0.25) is 4.84 Å². The zero-order valence-electron chi connectivity index (χ0n) is 12.7. The lowest BCUT2D eigenvalue weighted by atomic mass is 10.2. The van der Waals surface area contributed by atoms with Crippen LogP contribution in [0.25, 0.3) is 0 Å². The van der Waals surface area contributed by atoms with Crippen LogP contribution >= 0.6 is 0 Å². The first-order valence-corrected chi connectivity index (χ1v) is 6.94. The number of aromatic hydroxyl groups is 1. The Labute approximate surface area is 130 Å². The number of nitrogens with one attached hydrogen (secondary N) is 1. The molecule has 5 nitrogen and oxygen atoms in total. The van der Waals surface area contributed by atoms with Crippen LogP contribution in [0.15, 0.2) is 54.6 Å². The van der Waals surface area contributed by atoms with Crippen LogP contribution in [0.4, 0.5) is 0 Å². The predicted octanol–water partition coefficient (Wildman–Crippen LogP) is 3.21. The lowest BCUT2D eigenvalue weighted by molar-refractivity contribution is -0.00883. The summed E-state index contributed by atoms with van der Waals surface area (Å²) in [4.78, 5) is 15.5. The highest BCUT2D eigenvalue weighted by Gasteiger charge is 2.05. The van der Waals surface area contributed by atoms with Crippen molar-refractivity contribution in [1.82, 2.24) is 5.48 Å². The van der Waals surface area contributed by atoms with Gasteiger partial charge in [0.15, 0.2) is 0 Å². The van der Waals surface area contributed by atoms with Crippen molar-refractivity contribution in [2.75, 3.05) is 0 Å². The lowest BCUT2D eigenvalue weighted by Gasteiger charge is -2.07. The van der Waals surface area contributed by atoms with Crippen LogP contribution < -0.4 is 5.48 Å². The molecule has 0 atom stereocenters. The number of para-hydroxylation sites is 1. The maximum atomic E-state index is 10.3. The first-order valence-electron chi connectivity index (χ1n) is 6.94. The van der Waals surface area contributed by atoms with Gasteiger partial charge in [0.2, 0.25) is 0 Å². The van der Waals surface area contributed by atoms with E-state index in [0.717, 1.165) is 6.54 Å². The van der Waals surface area contributed by atoms with Crippen LogP contribution in [0, 0.1) is 0 Å². The molecule has 22 heavy (non-hydrogen) atoms. The van der Waals surface area contributed by atoms with Crippen LogP contribution in [0.5, 0.6) is 5.75 Å². The van der Waals surface area contributed by atoms with Crippen LogP contribution in [0.2, 0.25) is 0 Å². The zero-order valence-corrected chi connectivity index (χ0v) is 12.7. The molecule has 118 valence electrons. The molecular formula is C17H21NO4. The van der Waals surface area contributed by atoms with Gasteiger partial charge in [-0.05, 0) is 31.5 Å². The molecule has 3 N–H and O–H groups in total. The molecule has 0 aliphatic heterocycles. The molecule has 0 aliphatic carbocycles. The van der Waals surface area contributed by atoms with Gasteiger partial charge in [0.1, 0.15) is 11.3 Å². The number of hydroxylamine groups is 1. The molecule has 0 aliphatic rings. The summed E-state index contributed by atoms with van der Waals surface area (Å²) in [5.74, 6) is -1.31. The van der Waals surface area contributed by atoms with Gasteiger partial charge < -0.3 is 10.2 Å². The van der Waals surface area contributed by atoms with Crippen molar-refractivity contribution in [2.45, 2.75) is 26.5 Å². The summed E-state index contributed by atoms with van der Waals surface area (Å²) < 4.78 is 0. The average molecular weight is 303 g/mol. The van der Waals surface area contributed by atoms with Crippen LogP contribution in [-0.2, 0) is 11.4 Å². The van der Waals surface area contributed by atoms with E-state index in [1.165, 1.54) is 17.7 Å². The van der Waals surface area contributed by atoms with Crippen molar-refractivity contribution in [3.8, 4) is 5.75 Å². The molecule has 2 aromatic carbocycles. The Balaban J connectivity index is 0.000000224. The van der Waals surface area contributed by atoms with Gasteiger partial charge in [0, 0.05) is 6.54 Å². The van der Waals surface area contributed by atoms with Crippen LogP contribution in [-0.4, -0.2) is 22.3 Å². The van der Waals surface area contributed by atoms with Crippen molar-refractivity contribution in [3.63, 3.8) is 0 Å². The Kier molecular flexibility index (Phi) is 7.67. The van der Waals surface area contributed by atoms with Crippen LogP contribution in [0.1, 0.15) is 29.8 Å². The largest absolute Gasteiger partial charge is 0.507 e. The predicted molar refractivity (Wildman–Crippen MR) is 84.6 cm³/mol. The second-order valence-electron chi connectivity index (χ2n) is 4.80. The Bertz CT molecular complexity index is 570. The molecule has 5 heteroatoms. The number of phenols is 1. The SMILES string of the molecule is CC(C)ONCc1ccccc1.O=C(O)c1ccccc1O. The number of carboxylic acid groups (broad SMARTS) is 1. The smallest absolute Gasteiger partial charge is 0.339 e. The Morgan fingerprint density at radius 1 is 1.09 bits per heavy atom. The lowest BCUT2D eigenvalue weighted by Crippen LogP contribution is -2.18. The highest BCUT2D eigenvalue weighted by molar-refractivity contribution is 5.90. The second-order valence-corrected chi connectivity index (χ2v) is 4.80. The molecule has 0 amide bonds. The molecule has 0 radical (unpaired) electrons. The van der Waals surface area contributed by atoms with E-state index in [4.69, 9.17) is 15.1 Å². The molecule has 0 bridgehead atoms. The van der Waals surface area contributed by atoms with Gasteiger partial charge in [0.05, 0.1) is 6.10 Å². The number of carboxylic acids is 1. The second kappa shape index (κ2) is 9.55. The summed E-state index contributed by atoms with van der Waals surface area (Å²) in [6, 6.07) is 16.0. The minimum absolute atomic E-state index is 0.0671. The summed E-state index contributed by atoms with van der Waals surface area (Å²) in [7, 11) is 0. The van der Waals surface area contributed by atoms with Gasteiger partial charge in [-0.1, -0.05) is 42.5 Å². The van der Waals surface area contributed by atoms with E-state index in [-0.39, 0.29) is 17.4 Å². The summed E-state index contributed by atoms with van der Waals surface area (Å²) in [6.45, 7) is 4.76. The maximum Gasteiger partial charge on any atom is 0.339 e. The molecule has 0 fully saturated rings. The summed E-state index contributed by atoms with van der Waals surface area (Å²) in [5.41, 5.74) is 4.07. The van der Waals surface area contributed by atoms with E-state index >= 15 is 0 Å². The van der Waals surface area contributed by atoms with Gasteiger partial charge in [0.25, 0.3) is 0 Å². The van der Waals surface area contributed by atoms with Crippen molar-refractivity contribution in [3.05, 3.63) is 65.7 Å². The van der Waals surface area contributed by atoms with Crippen molar-refractivity contribution < 1.29 is 19.8 Å². The third kappa shape index (κ3) is 6.88. The quantitative estimate of drug-likeness (QED) is 0.739. The molecule has 0 saturated heterocycles. The highest BCUT2D eigenvalue weighted by Crippen LogP contribution is 2.14. The fourth-order valence-electron chi connectivity index (χ4n) is 1.54. The topological polar surface area (TPSA) is 78.8 Å². The monoisotopic (exact) mass is 303 g/mol. The van der Waals surface area contributed by atoms with Gasteiger partial charge >= 0.3 is 5.97 Å². The summed E-state index contributed by atoms with van der Waals surface area (Å²) >= 11 is 0. The fraction of sp³-hybridized carbons (Fsp3) is 0.235. The number of hydrogen-bond acceptors (Lipinski definition) is 4. The maximum absolute atomic E-state index is 10.3. The normalized spacial score (nSPS) is 9.95. The molecule has 0 spiro atoms. The average Bonchev–Trinajstić information content (AvgIpc) is 2.49. The van der Waals surface area contributed by atoms with Crippen molar-refractivity contribution in [2.24, 2.45) is 0 Å². The van der Waals surface area contributed by atoms with E-state index < -0.39 is 5.97 Å². The van der Waals surface area contributed by atoms with Gasteiger partial charge in [-0.2, -0.15) is 5.48 Å². The number of hydrogen-bond donors (Lipinski definition) is 3. The Morgan fingerprint density at radius 3 is 2.18 bits per heavy atom. The van der Waals surface area contributed by atoms with E-state index in [1.807, 2.05) is 32.0 Å². The Hall–Kier alpha value is -2.37. The Morgan fingerprint density at radius 2 is 1.68 bits per heavy atom.